The van der Waals surface area contributed by atoms with Gasteiger partial charge in [-0.25, -0.2) is 0 Å². The summed E-state index contributed by atoms with van der Waals surface area (Å²) in [6.07, 6.45) is 12.3. The summed E-state index contributed by atoms with van der Waals surface area (Å²) < 4.78 is 0. The number of amides is 1. The van der Waals surface area contributed by atoms with E-state index in [1.807, 2.05) is 0 Å². The number of hydrogen-bond donors (Lipinski definition) is 3. The van der Waals surface area contributed by atoms with Gasteiger partial charge >= 0.3 is 0 Å². The molecule has 33 heavy (non-hydrogen) atoms. The van der Waals surface area contributed by atoms with Crippen LogP contribution in [0.25, 0.3) is 0 Å². The molecule has 4 fully saturated rings. The highest BCUT2D eigenvalue weighted by Gasteiger charge is 2.62. The first kappa shape index (κ1) is 25.4. The molecule has 4 aliphatic carbocycles. The SMILES string of the molecule is CN(C)CCCNC(=O)CCC[C@H]1CCC2C3CCC4C[C@H](O)CC[C@]4(C)C3C[C@H](O)[C@@]21C. The first-order chi connectivity index (χ1) is 15.7. The van der Waals surface area contributed by atoms with Gasteiger partial charge in [0.1, 0.15) is 0 Å². The third-order valence-electron chi connectivity index (χ3n) is 11.0. The van der Waals surface area contributed by atoms with E-state index >= 15 is 0 Å². The molecule has 0 saturated heterocycles. The van der Waals surface area contributed by atoms with Crippen LogP contribution in [0.15, 0.2) is 0 Å². The van der Waals surface area contributed by atoms with E-state index in [1.54, 1.807) is 0 Å². The van der Waals surface area contributed by atoms with Crippen LogP contribution < -0.4 is 5.32 Å². The largest absolute Gasteiger partial charge is 0.393 e. The Labute approximate surface area is 202 Å². The fourth-order valence-electron chi connectivity index (χ4n) is 9.01. The van der Waals surface area contributed by atoms with E-state index in [0.717, 1.165) is 64.0 Å². The van der Waals surface area contributed by atoms with Crippen molar-refractivity contribution in [3.8, 4) is 0 Å². The number of carbonyl (C=O) groups is 1. The van der Waals surface area contributed by atoms with Crippen molar-refractivity contribution in [2.45, 2.75) is 103 Å². The summed E-state index contributed by atoms with van der Waals surface area (Å²) in [5, 5.41) is 24.9. The first-order valence-corrected chi connectivity index (χ1v) is 13.9. The Morgan fingerprint density at radius 1 is 1.00 bits per heavy atom. The lowest BCUT2D eigenvalue weighted by atomic mass is 9.44. The summed E-state index contributed by atoms with van der Waals surface area (Å²) >= 11 is 0. The van der Waals surface area contributed by atoms with E-state index in [-0.39, 0.29) is 23.5 Å². The molecule has 0 spiro atoms. The summed E-state index contributed by atoms with van der Waals surface area (Å²) in [6, 6.07) is 0. The molecule has 0 aliphatic heterocycles. The fourth-order valence-corrected chi connectivity index (χ4v) is 9.01. The van der Waals surface area contributed by atoms with Crippen molar-refractivity contribution < 1.29 is 15.0 Å². The molecule has 4 aliphatic rings. The Morgan fingerprint density at radius 2 is 1.79 bits per heavy atom. The minimum atomic E-state index is -0.224. The standard InChI is InChI=1S/C28H50N2O3/c1-27-14-13-21(31)17-20(27)9-11-22-23-12-10-19(28(23,2)25(32)18-24(22)27)7-5-8-26(33)29-15-6-16-30(3)4/h19-25,31-32H,5-18H2,1-4H3,(H,29,33)/t19-,20?,21+,22?,23?,24?,25-,27-,28+/m0/s1. The maximum absolute atomic E-state index is 12.3. The number of hydrogen-bond acceptors (Lipinski definition) is 4. The molecule has 4 saturated carbocycles. The highest BCUT2D eigenvalue weighted by atomic mass is 16.3. The lowest BCUT2D eigenvalue weighted by molar-refractivity contribution is -0.171. The predicted molar refractivity (Wildman–Crippen MR) is 133 cm³/mol. The highest BCUT2D eigenvalue weighted by molar-refractivity contribution is 5.75. The van der Waals surface area contributed by atoms with Crippen LogP contribution in [0.3, 0.4) is 0 Å². The Hall–Kier alpha value is -0.650. The molecule has 5 heteroatoms. The monoisotopic (exact) mass is 462 g/mol. The van der Waals surface area contributed by atoms with Crippen molar-refractivity contribution in [1.82, 2.24) is 10.2 Å². The van der Waals surface area contributed by atoms with Gasteiger partial charge in [0.2, 0.25) is 5.91 Å². The zero-order valence-electron chi connectivity index (χ0n) is 21.7. The van der Waals surface area contributed by atoms with Crippen LogP contribution in [-0.4, -0.2) is 60.4 Å². The average molecular weight is 463 g/mol. The van der Waals surface area contributed by atoms with Crippen molar-refractivity contribution in [3.05, 3.63) is 0 Å². The number of carbonyl (C=O) groups excluding carboxylic acids is 1. The van der Waals surface area contributed by atoms with Crippen molar-refractivity contribution in [2.75, 3.05) is 27.2 Å². The van der Waals surface area contributed by atoms with Gasteiger partial charge in [0.25, 0.3) is 0 Å². The summed E-state index contributed by atoms with van der Waals surface area (Å²) in [5.74, 6) is 3.33. The molecule has 190 valence electrons. The van der Waals surface area contributed by atoms with E-state index < -0.39 is 0 Å². The van der Waals surface area contributed by atoms with Crippen LogP contribution in [0.5, 0.6) is 0 Å². The third-order valence-corrected chi connectivity index (χ3v) is 11.0. The average Bonchev–Trinajstić information content (AvgIpc) is 3.10. The molecule has 0 radical (unpaired) electrons. The molecule has 0 aromatic heterocycles. The second-order valence-corrected chi connectivity index (χ2v) is 12.9. The molecule has 0 aromatic rings. The van der Waals surface area contributed by atoms with Gasteiger partial charge < -0.3 is 20.4 Å². The summed E-state index contributed by atoms with van der Waals surface area (Å²) in [5.41, 5.74) is 0.313. The topological polar surface area (TPSA) is 72.8 Å². The normalized spacial score (nSPS) is 44.8. The molecule has 0 heterocycles. The smallest absolute Gasteiger partial charge is 0.219 e. The molecule has 1 amide bonds. The van der Waals surface area contributed by atoms with Crippen LogP contribution in [-0.2, 0) is 4.79 Å². The first-order valence-electron chi connectivity index (χ1n) is 13.9. The van der Waals surface area contributed by atoms with Crippen molar-refractivity contribution in [2.24, 2.45) is 40.4 Å². The molecular formula is C28H50N2O3. The minimum absolute atomic E-state index is 0.0146. The van der Waals surface area contributed by atoms with Gasteiger partial charge in [0.05, 0.1) is 12.2 Å². The number of fused-ring (bicyclic) bond motifs is 5. The fraction of sp³-hybridized carbons (Fsp3) is 0.964. The zero-order valence-corrected chi connectivity index (χ0v) is 21.7. The van der Waals surface area contributed by atoms with E-state index in [1.165, 1.54) is 25.7 Å². The molecule has 0 bridgehead atoms. The highest BCUT2D eigenvalue weighted by Crippen LogP contribution is 2.67. The lowest BCUT2D eigenvalue weighted by Gasteiger charge is -2.62. The van der Waals surface area contributed by atoms with Gasteiger partial charge in [-0.05, 0) is 132 Å². The van der Waals surface area contributed by atoms with Crippen LogP contribution in [0.4, 0.5) is 0 Å². The molecule has 9 atom stereocenters. The molecular weight excluding hydrogens is 412 g/mol. The van der Waals surface area contributed by atoms with Gasteiger partial charge in [-0.3, -0.25) is 4.79 Å². The third kappa shape index (κ3) is 4.89. The Bertz CT molecular complexity index is 684. The van der Waals surface area contributed by atoms with Crippen LogP contribution in [0, 0.1) is 40.4 Å². The quantitative estimate of drug-likeness (QED) is 0.472. The summed E-state index contributed by atoms with van der Waals surface area (Å²) in [6.45, 7) is 6.64. The Morgan fingerprint density at radius 3 is 2.55 bits per heavy atom. The Balaban J connectivity index is 1.33. The predicted octanol–water partition coefficient (Wildman–Crippen LogP) is 4.22. The molecule has 3 N–H and O–H groups in total. The van der Waals surface area contributed by atoms with Crippen LogP contribution in [0.2, 0.25) is 0 Å². The second-order valence-electron chi connectivity index (χ2n) is 12.9. The maximum atomic E-state index is 12.3. The number of nitrogens with zero attached hydrogens (tertiary/aromatic N) is 1. The van der Waals surface area contributed by atoms with Gasteiger partial charge in [0.15, 0.2) is 0 Å². The van der Waals surface area contributed by atoms with Gasteiger partial charge in [-0.15, -0.1) is 0 Å². The van der Waals surface area contributed by atoms with Crippen molar-refractivity contribution in [3.63, 3.8) is 0 Å². The second kappa shape index (κ2) is 10.1. The molecule has 0 aromatic carbocycles. The van der Waals surface area contributed by atoms with Gasteiger partial charge in [-0.2, -0.15) is 0 Å². The van der Waals surface area contributed by atoms with Crippen LogP contribution in [0.1, 0.15) is 90.9 Å². The van der Waals surface area contributed by atoms with Crippen molar-refractivity contribution >= 4 is 5.91 Å². The molecule has 4 rings (SSSR count). The summed E-state index contributed by atoms with van der Waals surface area (Å²) in [4.78, 5) is 14.4. The van der Waals surface area contributed by atoms with E-state index in [4.69, 9.17) is 0 Å². The number of aliphatic hydroxyl groups excluding tert-OH is 2. The lowest BCUT2D eigenvalue weighted by Crippen LogP contribution is -2.58. The molecule has 5 nitrogen and oxygen atoms in total. The number of nitrogens with one attached hydrogen (secondary N) is 1. The van der Waals surface area contributed by atoms with E-state index in [0.29, 0.717) is 35.5 Å². The molecule has 4 unspecified atom stereocenters. The van der Waals surface area contributed by atoms with E-state index in [9.17, 15) is 15.0 Å². The van der Waals surface area contributed by atoms with E-state index in [2.05, 4.69) is 38.2 Å². The number of aliphatic hydroxyl groups is 2. The number of rotatable bonds is 8. The minimum Gasteiger partial charge on any atom is -0.393 e. The maximum Gasteiger partial charge on any atom is 0.219 e. The zero-order chi connectivity index (χ0) is 23.8. The van der Waals surface area contributed by atoms with Gasteiger partial charge in [-0.1, -0.05) is 13.8 Å². The van der Waals surface area contributed by atoms with Gasteiger partial charge in [0, 0.05) is 13.0 Å². The van der Waals surface area contributed by atoms with Crippen molar-refractivity contribution in [1.29, 1.82) is 0 Å². The van der Waals surface area contributed by atoms with Crippen LogP contribution >= 0.6 is 0 Å². The summed E-state index contributed by atoms with van der Waals surface area (Å²) in [7, 11) is 4.12. The Kier molecular flexibility index (Phi) is 7.82.